The second-order valence-corrected chi connectivity index (χ2v) is 13.1. The maximum atomic E-state index is 5.33. The fraction of sp³-hybridized carbons (Fsp3) is 0. The van der Waals surface area contributed by atoms with Gasteiger partial charge in [0.15, 0.2) is 0 Å². The van der Waals surface area contributed by atoms with Crippen LogP contribution < -0.4 is 0 Å². The number of benzene rings is 6. The van der Waals surface area contributed by atoms with E-state index in [-0.39, 0.29) is 0 Å². The van der Waals surface area contributed by atoms with Gasteiger partial charge in [0, 0.05) is 34.1 Å². The highest BCUT2D eigenvalue weighted by atomic mass is 14.8. The molecule has 52 heavy (non-hydrogen) atoms. The third-order valence-corrected chi connectivity index (χ3v) is 9.94. The van der Waals surface area contributed by atoms with Gasteiger partial charge in [-0.3, -0.25) is 9.97 Å². The number of fused-ring (bicyclic) bond motifs is 6. The predicted molar refractivity (Wildman–Crippen MR) is 215 cm³/mol. The Labute approximate surface area is 300 Å². The molecule has 0 aliphatic carbocycles. The van der Waals surface area contributed by atoms with Crippen LogP contribution in [-0.2, 0) is 0 Å². The molecule has 0 saturated heterocycles. The van der Waals surface area contributed by atoms with Crippen molar-refractivity contribution in [3.05, 3.63) is 182 Å². The second kappa shape index (κ2) is 12.4. The molecule has 0 N–H and O–H groups in total. The van der Waals surface area contributed by atoms with Crippen molar-refractivity contribution >= 4 is 43.2 Å². The van der Waals surface area contributed by atoms with Crippen LogP contribution in [0.2, 0.25) is 0 Å². The van der Waals surface area contributed by atoms with Crippen molar-refractivity contribution in [1.29, 1.82) is 0 Å². The number of rotatable bonds is 5. The first-order valence-corrected chi connectivity index (χ1v) is 17.5. The highest BCUT2D eigenvalue weighted by molar-refractivity contribution is 6.25. The molecule has 0 unspecified atom stereocenters. The fourth-order valence-electron chi connectivity index (χ4n) is 7.44. The summed E-state index contributed by atoms with van der Waals surface area (Å²) in [5, 5.41) is 8.37. The number of hydrogen-bond acceptors (Lipinski definition) is 4. The summed E-state index contributed by atoms with van der Waals surface area (Å²) in [4.78, 5) is 19.5. The maximum absolute atomic E-state index is 5.33. The highest BCUT2D eigenvalue weighted by Crippen LogP contribution is 2.42. The normalized spacial score (nSPS) is 11.5. The Balaban J connectivity index is 1.16. The Morgan fingerprint density at radius 3 is 1.63 bits per heavy atom. The van der Waals surface area contributed by atoms with Crippen LogP contribution >= 0.6 is 0 Å². The molecule has 4 heterocycles. The van der Waals surface area contributed by atoms with Crippen LogP contribution in [0.15, 0.2) is 182 Å². The Morgan fingerprint density at radius 1 is 0.327 bits per heavy atom. The first-order valence-electron chi connectivity index (χ1n) is 17.5. The molecule has 0 atom stereocenters. The van der Waals surface area contributed by atoms with Crippen molar-refractivity contribution in [2.75, 3.05) is 0 Å². The average Bonchev–Trinajstić information content (AvgIpc) is 3.23. The van der Waals surface area contributed by atoms with Crippen molar-refractivity contribution in [1.82, 2.24) is 19.9 Å². The lowest BCUT2D eigenvalue weighted by molar-refractivity contribution is 1.22. The van der Waals surface area contributed by atoms with Crippen molar-refractivity contribution in [2.24, 2.45) is 0 Å². The molecule has 0 fully saturated rings. The van der Waals surface area contributed by atoms with E-state index < -0.39 is 0 Å². The van der Waals surface area contributed by atoms with E-state index in [1.165, 1.54) is 32.5 Å². The van der Waals surface area contributed by atoms with E-state index in [9.17, 15) is 0 Å². The zero-order valence-electron chi connectivity index (χ0n) is 28.1. The monoisotopic (exact) mass is 662 g/mol. The van der Waals surface area contributed by atoms with Crippen molar-refractivity contribution in [3.8, 4) is 56.3 Å². The van der Waals surface area contributed by atoms with Crippen LogP contribution in [0.25, 0.3) is 99.5 Å². The Bertz CT molecular complexity index is 2880. The molecule has 242 valence electrons. The fourth-order valence-corrected chi connectivity index (χ4v) is 7.44. The molecule has 10 aromatic rings. The number of para-hydroxylation sites is 1. The van der Waals surface area contributed by atoms with Crippen LogP contribution in [-0.4, -0.2) is 19.9 Å². The third kappa shape index (κ3) is 5.17. The molecule has 10 rings (SSSR count). The molecule has 0 saturated carbocycles. The molecular weight excluding hydrogens is 633 g/mol. The van der Waals surface area contributed by atoms with Gasteiger partial charge >= 0.3 is 0 Å². The number of aromatic nitrogens is 4. The van der Waals surface area contributed by atoms with E-state index >= 15 is 0 Å². The Morgan fingerprint density at radius 2 is 0.923 bits per heavy atom. The summed E-state index contributed by atoms with van der Waals surface area (Å²) in [6.07, 6.45) is 3.60. The topological polar surface area (TPSA) is 51.6 Å². The zero-order chi connectivity index (χ0) is 34.4. The lowest BCUT2D eigenvalue weighted by Gasteiger charge is -2.17. The molecule has 4 aromatic heterocycles. The molecule has 0 aliphatic rings. The zero-order valence-corrected chi connectivity index (χ0v) is 28.1. The summed E-state index contributed by atoms with van der Waals surface area (Å²) in [6, 6.07) is 59.7. The lowest BCUT2D eigenvalue weighted by Crippen LogP contribution is -1.94. The standard InChI is InChI=1S/C48H30N4/c1-2-12-34-27-35(24-21-31(34)11-1)48-41-30-40(37-13-3-4-14-38(37)47(41)39-15-5-6-16-42(39)52-48)33-22-19-32(20-23-33)36-28-45(43-17-7-9-25-49-43)51-46(29-36)44-18-8-10-26-50-44/h1-30H. The van der Waals surface area contributed by atoms with Gasteiger partial charge in [0.1, 0.15) is 0 Å². The van der Waals surface area contributed by atoms with Gasteiger partial charge in [-0.1, -0.05) is 115 Å². The van der Waals surface area contributed by atoms with Gasteiger partial charge in [0.05, 0.1) is 34.0 Å². The predicted octanol–water partition coefficient (Wildman–Crippen LogP) is 12.2. The molecule has 6 aromatic carbocycles. The van der Waals surface area contributed by atoms with Gasteiger partial charge in [-0.25, -0.2) is 9.97 Å². The summed E-state index contributed by atoms with van der Waals surface area (Å²) in [5.41, 5.74) is 10.8. The third-order valence-electron chi connectivity index (χ3n) is 9.94. The minimum absolute atomic E-state index is 0.810. The minimum Gasteiger partial charge on any atom is -0.255 e. The SMILES string of the molecule is c1ccc(-c2cc(-c3ccc(-c4cc5c(-c6ccc7ccccc7c6)nc6ccccc6c5c5ccccc45)cc3)cc(-c3ccccn3)n2)nc1. The van der Waals surface area contributed by atoms with Gasteiger partial charge in [-0.15, -0.1) is 0 Å². The van der Waals surface area contributed by atoms with Gasteiger partial charge in [0.25, 0.3) is 0 Å². The molecule has 0 aliphatic heterocycles. The van der Waals surface area contributed by atoms with E-state index in [1.807, 2.05) is 36.4 Å². The molecular formula is C48H30N4. The summed E-state index contributed by atoms with van der Waals surface area (Å²) in [5.74, 6) is 0. The number of hydrogen-bond donors (Lipinski definition) is 0. The lowest BCUT2D eigenvalue weighted by atomic mass is 9.89. The van der Waals surface area contributed by atoms with E-state index in [2.05, 4.69) is 143 Å². The van der Waals surface area contributed by atoms with Crippen LogP contribution in [0.1, 0.15) is 0 Å². The smallest absolute Gasteiger partial charge is 0.0900 e. The molecule has 4 nitrogen and oxygen atoms in total. The summed E-state index contributed by atoms with van der Waals surface area (Å²) in [6.45, 7) is 0. The molecule has 0 amide bonds. The quantitative estimate of drug-likeness (QED) is 0.172. The Kier molecular flexibility index (Phi) is 7.10. The van der Waals surface area contributed by atoms with Crippen LogP contribution in [0.5, 0.6) is 0 Å². The first kappa shape index (κ1) is 29.8. The summed E-state index contributed by atoms with van der Waals surface area (Å²) in [7, 11) is 0. The average molecular weight is 663 g/mol. The first-order chi connectivity index (χ1) is 25.8. The van der Waals surface area contributed by atoms with Crippen molar-refractivity contribution in [2.45, 2.75) is 0 Å². The van der Waals surface area contributed by atoms with Gasteiger partial charge < -0.3 is 0 Å². The number of pyridine rings is 4. The molecule has 0 radical (unpaired) electrons. The van der Waals surface area contributed by atoms with Crippen LogP contribution in [0, 0.1) is 0 Å². The van der Waals surface area contributed by atoms with E-state index in [1.54, 1.807) is 12.4 Å². The minimum atomic E-state index is 0.810. The van der Waals surface area contributed by atoms with E-state index in [0.29, 0.717) is 0 Å². The highest BCUT2D eigenvalue weighted by Gasteiger charge is 2.17. The Hall–Kier alpha value is -7.04. The van der Waals surface area contributed by atoms with E-state index in [4.69, 9.17) is 9.97 Å². The van der Waals surface area contributed by atoms with Crippen molar-refractivity contribution in [3.63, 3.8) is 0 Å². The van der Waals surface area contributed by atoms with Gasteiger partial charge in [0.2, 0.25) is 0 Å². The number of nitrogens with zero attached hydrogens (tertiary/aromatic N) is 4. The largest absolute Gasteiger partial charge is 0.255 e. The second-order valence-electron chi connectivity index (χ2n) is 13.1. The van der Waals surface area contributed by atoms with Crippen LogP contribution in [0.4, 0.5) is 0 Å². The molecule has 0 spiro atoms. The molecule has 4 heteroatoms. The maximum Gasteiger partial charge on any atom is 0.0900 e. The summed E-state index contributed by atoms with van der Waals surface area (Å²) < 4.78 is 0. The van der Waals surface area contributed by atoms with E-state index in [0.717, 1.165) is 67.0 Å². The van der Waals surface area contributed by atoms with Crippen LogP contribution in [0.3, 0.4) is 0 Å². The van der Waals surface area contributed by atoms with Gasteiger partial charge in [-0.05, 0) is 98.4 Å². The summed E-state index contributed by atoms with van der Waals surface area (Å²) >= 11 is 0. The van der Waals surface area contributed by atoms with Crippen molar-refractivity contribution < 1.29 is 0 Å². The molecule has 0 bridgehead atoms. The van der Waals surface area contributed by atoms with Gasteiger partial charge in [-0.2, -0.15) is 0 Å².